The van der Waals surface area contributed by atoms with Crippen LogP contribution in [0.15, 0.2) is 38.5 Å². The molecule has 2 aromatic heterocycles. The molecule has 0 fully saturated rings. The highest BCUT2D eigenvalue weighted by molar-refractivity contribution is 8.00. The van der Waals surface area contributed by atoms with Crippen LogP contribution in [-0.2, 0) is 0 Å². The Morgan fingerprint density at radius 1 is 1.50 bits per heavy atom. The summed E-state index contributed by atoms with van der Waals surface area (Å²) in [7, 11) is 0. The summed E-state index contributed by atoms with van der Waals surface area (Å²) < 4.78 is 6.60. The number of hydrogen-bond acceptors (Lipinski definition) is 3. The van der Waals surface area contributed by atoms with Crippen LogP contribution in [0.1, 0.15) is 0 Å². The average molecular weight is 196 g/mol. The van der Waals surface area contributed by atoms with Crippen LogP contribution in [0.3, 0.4) is 0 Å². The zero-order valence-corrected chi connectivity index (χ0v) is 8.24. The molecule has 0 N–H and O–H groups in total. The zero-order chi connectivity index (χ0) is 8.39. The monoisotopic (exact) mass is 196 g/mol. The summed E-state index contributed by atoms with van der Waals surface area (Å²) in [4.78, 5) is 0. The van der Waals surface area contributed by atoms with Gasteiger partial charge in [-0.15, -0.1) is 23.1 Å². The highest BCUT2D eigenvalue weighted by Crippen LogP contribution is 2.30. The molecule has 12 heavy (non-hydrogen) atoms. The lowest BCUT2D eigenvalue weighted by Crippen LogP contribution is -1.62. The highest BCUT2D eigenvalue weighted by atomic mass is 32.2. The van der Waals surface area contributed by atoms with E-state index in [1.54, 1.807) is 29.4 Å². The molecular formula is C9H8OS2. The topological polar surface area (TPSA) is 13.1 Å². The van der Waals surface area contributed by atoms with Crippen LogP contribution in [0, 0.1) is 0 Å². The molecule has 0 saturated carbocycles. The first kappa shape index (κ1) is 7.95. The third-order valence-electron chi connectivity index (χ3n) is 1.58. The number of furan rings is 1. The molecule has 0 amide bonds. The Bertz CT molecular complexity index is 348. The molecule has 0 radical (unpaired) electrons. The lowest BCUT2D eigenvalue weighted by atomic mass is 10.3. The van der Waals surface area contributed by atoms with Gasteiger partial charge in [-0.2, -0.15) is 0 Å². The van der Waals surface area contributed by atoms with Crippen LogP contribution >= 0.6 is 23.1 Å². The van der Waals surface area contributed by atoms with Crippen LogP contribution < -0.4 is 0 Å². The van der Waals surface area contributed by atoms with Crippen molar-refractivity contribution in [3.63, 3.8) is 0 Å². The van der Waals surface area contributed by atoms with E-state index in [0.29, 0.717) is 0 Å². The Morgan fingerprint density at radius 2 is 2.42 bits per heavy atom. The molecule has 0 aromatic carbocycles. The van der Waals surface area contributed by atoms with E-state index in [0.717, 1.165) is 5.76 Å². The maximum Gasteiger partial charge on any atom is 0.134 e. The van der Waals surface area contributed by atoms with Gasteiger partial charge in [0.25, 0.3) is 0 Å². The molecule has 0 spiro atoms. The molecule has 0 unspecified atom stereocenters. The molecule has 0 bridgehead atoms. The summed E-state index contributed by atoms with van der Waals surface area (Å²) in [5.41, 5.74) is 1.18. The van der Waals surface area contributed by atoms with Gasteiger partial charge in [-0.3, -0.25) is 0 Å². The second-order valence-electron chi connectivity index (χ2n) is 2.34. The quantitative estimate of drug-likeness (QED) is 0.679. The number of thiophene rings is 1. The average Bonchev–Trinajstić information content (AvgIpc) is 2.75. The van der Waals surface area contributed by atoms with E-state index < -0.39 is 0 Å². The van der Waals surface area contributed by atoms with Crippen molar-refractivity contribution in [2.75, 3.05) is 6.26 Å². The third-order valence-corrected chi connectivity index (χ3v) is 3.61. The number of rotatable bonds is 2. The van der Waals surface area contributed by atoms with Crippen molar-refractivity contribution in [2.24, 2.45) is 0 Å². The normalized spacial score (nSPS) is 10.4. The van der Waals surface area contributed by atoms with Crippen molar-refractivity contribution in [2.45, 2.75) is 4.21 Å². The summed E-state index contributed by atoms with van der Waals surface area (Å²) in [5, 5.41) is 2.12. The minimum Gasteiger partial charge on any atom is -0.464 e. The van der Waals surface area contributed by atoms with Gasteiger partial charge in [0.05, 0.1) is 10.5 Å². The number of thioether (sulfide) groups is 1. The van der Waals surface area contributed by atoms with Gasteiger partial charge in [-0.25, -0.2) is 0 Å². The van der Waals surface area contributed by atoms with Crippen LogP contribution in [-0.4, -0.2) is 6.26 Å². The fraction of sp³-hybridized carbons (Fsp3) is 0.111. The van der Waals surface area contributed by atoms with Crippen LogP contribution in [0.5, 0.6) is 0 Å². The van der Waals surface area contributed by atoms with E-state index in [9.17, 15) is 0 Å². The molecule has 0 atom stereocenters. The molecule has 0 aliphatic rings. The van der Waals surface area contributed by atoms with Gasteiger partial charge in [-0.1, -0.05) is 0 Å². The van der Waals surface area contributed by atoms with Gasteiger partial charge < -0.3 is 4.42 Å². The van der Waals surface area contributed by atoms with E-state index in [1.807, 2.05) is 12.1 Å². The second kappa shape index (κ2) is 3.37. The van der Waals surface area contributed by atoms with Gasteiger partial charge in [-0.05, 0) is 24.5 Å². The minimum atomic E-state index is 0.951. The molecule has 3 heteroatoms. The maximum absolute atomic E-state index is 5.27. The maximum atomic E-state index is 5.27. The molecule has 0 aliphatic heterocycles. The molecule has 1 nitrogen and oxygen atoms in total. The Labute approximate surface area is 79.4 Å². The molecule has 2 aromatic rings. The van der Waals surface area contributed by atoms with E-state index in [1.165, 1.54) is 9.77 Å². The smallest absolute Gasteiger partial charge is 0.134 e. The molecular weight excluding hydrogens is 188 g/mol. The second-order valence-corrected chi connectivity index (χ2v) is 4.35. The van der Waals surface area contributed by atoms with Crippen molar-refractivity contribution in [3.8, 4) is 11.3 Å². The highest BCUT2D eigenvalue weighted by Gasteiger charge is 2.02. The zero-order valence-electron chi connectivity index (χ0n) is 6.61. The third kappa shape index (κ3) is 1.42. The van der Waals surface area contributed by atoms with Gasteiger partial charge in [0.15, 0.2) is 0 Å². The molecule has 0 saturated heterocycles. The Balaban J connectivity index is 2.35. The molecule has 2 rings (SSSR count). The number of hydrogen-bond donors (Lipinski definition) is 0. The van der Waals surface area contributed by atoms with Crippen molar-refractivity contribution >= 4 is 23.1 Å². The Morgan fingerprint density at radius 3 is 3.00 bits per heavy atom. The molecule has 2 heterocycles. The van der Waals surface area contributed by atoms with E-state index in [2.05, 4.69) is 17.7 Å². The summed E-state index contributed by atoms with van der Waals surface area (Å²) >= 11 is 3.51. The van der Waals surface area contributed by atoms with Gasteiger partial charge in [0.2, 0.25) is 0 Å². The SMILES string of the molecule is CSc1cc(-c2ccco2)cs1. The van der Waals surface area contributed by atoms with Crippen molar-refractivity contribution < 1.29 is 4.42 Å². The Kier molecular flexibility index (Phi) is 2.23. The Hall–Kier alpha value is -0.670. The van der Waals surface area contributed by atoms with Crippen LogP contribution in [0.2, 0.25) is 0 Å². The first-order valence-electron chi connectivity index (χ1n) is 3.56. The minimum absolute atomic E-state index is 0.951. The largest absolute Gasteiger partial charge is 0.464 e. The van der Waals surface area contributed by atoms with Crippen molar-refractivity contribution in [1.29, 1.82) is 0 Å². The predicted octanol–water partition coefficient (Wildman–Crippen LogP) is 3.73. The summed E-state index contributed by atoms with van der Waals surface area (Å²) in [6.45, 7) is 0. The van der Waals surface area contributed by atoms with E-state index in [-0.39, 0.29) is 0 Å². The van der Waals surface area contributed by atoms with Crippen LogP contribution in [0.25, 0.3) is 11.3 Å². The molecule has 62 valence electrons. The van der Waals surface area contributed by atoms with Gasteiger partial charge in [0.1, 0.15) is 5.76 Å². The van der Waals surface area contributed by atoms with Crippen molar-refractivity contribution in [3.05, 3.63) is 29.8 Å². The van der Waals surface area contributed by atoms with Gasteiger partial charge >= 0.3 is 0 Å². The fourth-order valence-electron chi connectivity index (χ4n) is 0.996. The van der Waals surface area contributed by atoms with Crippen molar-refractivity contribution in [1.82, 2.24) is 0 Å². The first-order chi connectivity index (χ1) is 5.90. The first-order valence-corrected chi connectivity index (χ1v) is 5.67. The summed E-state index contributed by atoms with van der Waals surface area (Å²) in [6.07, 6.45) is 3.78. The van der Waals surface area contributed by atoms with E-state index in [4.69, 9.17) is 4.42 Å². The van der Waals surface area contributed by atoms with Crippen LogP contribution in [0.4, 0.5) is 0 Å². The standard InChI is InChI=1S/C9H8OS2/c1-11-9-5-7(6-12-9)8-3-2-4-10-8/h2-6H,1H3. The molecule has 0 aliphatic carbocycles. The van der Waals surface area contributed by atoms with Gasteiger partial charge in [0, 0.05) is 10.9 Å². The summed E-state index contributed by atoms with van der Waals surface area (Å²) in [6, 6.07) is 6.03. The fourth-order valence-corrected chi connectivity index (χ4v) is 2.39. The van der Waals surface area contributed by atoms with E-state index >= 15 is 0 Å². The lowest BCUT2D eigenvalue weighted by Gasteiger charge is -1.87. The summed E-state index contributed by atoms with van der Waals surface area (Å²) in [5.74, 6) is 0.951. The predicted molar refractivity (Wildman–Crippen MR) is 53.8 cm³/mol. The lowest BCUT2D eigenvalue weighted by molar-refractivity contribution is 0.582.